The van der Waals surface area contributed by atoms with E-state index in [9.17, 15) is 0 Å². The van der Waals surface area contributed by atoms with Crippen LogP contribution in [0.2, 0.25) is 0 Å². The first kappa shape index (κ1) is 20.5. The fourth-order valence-corrected chi connectivity index (χ4v) is 8.33. The molecule has 0 aromatic heterocycles. The minimum atomic E-state index is -2.04. The molecule has 30 heavy (non-hydrogen) atoms. The van der Waals surface area contributed by atoms with Gasteiger partial charge >= 0.3 is 0 Å². The molecule has 0 saturated carbocycles. The topological polar surface area (TPSA) is 12.4 Å². The highest BCUT2D eigenvalue weighted by Gasteiger charge is 2.25. The van der Waals surface area contributed by atoms with Crippen LogP contribution in [0.5, 0.6) is 0 Å². The maximum absolute atomic E-state index is 4.99. The Morgan fingerprint density at radius 2 is 0.967 bits per heavy atom. The molecular formula is C27H24NPS. The fourth-order valence-electron chi connectivity index (χ4n) is 3.58. The monoisotopic (exact) mass is 425 g/mol. The summed E-state index contributed by atoms with van der Waals surface area (Å²) in [4.78, 5) is 4.99. The van der Waals surface area contributed by atoms with Crippen LogP contribution in [0.3, 0.4) is 0 Å². The van der Waals surface area contributed by atoms with Crippen LogP contribution in [0.25, 0.3) is 0 Å². The molecule has 1 nitrogen and oxygen atoms in total. The molecule has 148 valence electrons. The van der Waals surface area contributed by atoms with Crippen molar-refractivity contribution in [1.82, 2.24) is 0 Å². The zero-order chi connectivity index (χ0) is 20.7. The lowest BCUT2D eigenvalue weighted by Crippen LogP contribution is -2.28. The SMILES string of the molecule is CSC(C=P(c1ccccc1)(c1ccccc1)c1ccccc1)=Nc1ccccc1. The molecule has 4 rings (SSSR count). The average molecular weight is 426 g/mol. The van der Waals surface area contributed by atoms with Gasteiger partial charge in [-0.25, -0.2) is 4.99 Å². The third-order valence-electron chi connectivity index (χ3n) is 5.00. The fraction of sp³-hybridized carbons (Fsp3) is 0.0370. The van der Waals surface area contributed by atoms with Crippen LogP contribution in [-0.4, -0.2) is 17.1 Å². The molecule has 0 atom stereocenters. The summed E-state index contributed by atoms with van der Waals surface area (Å²) < 4.78 is 0. The van der Waals surface area contributed by atoms with E-state index in [0.29, 0.717) is 0 Å². The van der Waals surface area contributed by atoms with Gasteiger partial charge in [0.25, 0.3) is 0 Å². The Labute approximate surface area is 183 Å². The lowest BCUT2D eigenvalue weighted by molar-refractivity contribution is 1.54. The molecule has 0 aliphatic carbocycles. The first-order valence-electron chi connectivity index (χ1n) is 9.92. The van der Waals surface area contributed by atoms with E-state index < -0.39 is 6.89 Å². The highest BCUT2D eigenvalue weighted by atomic mass is 32.2. The van der Waals surface area contributed by atoms with Crippen molar-refractivity contribution in [2.75, 3.05) is 6.26 Å². The van der Waals surface area contributed by atoms with Crippen molar-refractivity contribution in [2.24, 2.45) is 4.99 Å². The van der Waals surface area contributed by atoms with Crippen molar-refractivity contribution < 1.29 is 0 Å². The van der Waals surface area contributed by atoms with Gasteiger partial charge in [0.05, 0.1) is 10.7 Å². The first-order chi connectivity index (χ1) is 14.8. The van der Waals surface area contributed by atoms with Crippen LogP contribution in [0, 0.1) is 0 Å². The summed E-state index contributed by atoms with van der Waals surface area (Å²) in [7, 11) is 0. The molecule has 0 heterocycles. The zero-order valence-electron chi connectivity index (χ0n) is 16.9. The third kappa shape index (κ3) is 4.36. The number of aliphatic imine (C=N–C) groups is 1. The molecule has 0 aliphatic heterocycles. The quantitative estimate of drug-likeness (QED) is 0.221. The smallest absolute Gasteiger partial charge is 0.0975 e. The van der Waals surface area contributed by atoms with Gasteiger partial charge in [-0.05, 0) is 47.0 Å². The van der Waals surface area contributed by atoms with Gasteiger partial charge in [-0.3, -0.25) is 0 Å². The molecule has 0 amide bonds. The number of rotatable bonds is 5. The molecule has 0 spiro atoms. The van der Waals surface area contributed by atoms with E-state index in [-0.39, 0.29) is 0 Å². The Balaban J connectivity index is 2.07. The Morgan fingerprint density at radius 3 is 1.33 bits per heavy atom. The summed E-state index contributed by atoms with van der Waals surface area (Å²) in [6, 6.07) is 42.8. The van der Waals surface area contributed by atoms with Crippen molar-refractivity contribution in [3.05, 3.63) is 121 Å². The van der Waals surface area contributed by atoms with Gasteiger partial charge in [0, 0.05) is 0 Å². The van der Waals surface area contributed by atoms with E-state index >= 15 is 0 Å². The van der Waals surface area contributed by atoms with Gasteiger partial charge in [0.15, 0.2) is 0 Å². The second-order valence-corrected chi connectivity index (χ2v) is 10.9. The zero-order valence-corrected chi connectivity index (χ0v) is 18.6. The number of para-hydroxylation sites is 1. The van der Waals surface area contributed by atoms with E-state index in [1.165, 1.54) is 15.9 Å². The normalized spacial score (nSPS) is 11.8. The molecular weight excluding hydrogens is 401 g/mol. The van der Waals surface area contributed by atoms with Crippen molar-refractivity contribution in [3.8, 4) is 0 Å². The molecule has 0 aliphatic rings. The predicted molar refractivity (Wildman–Crippen MR) is 138 cm³/mol. The van der Waals surface area contributed by atoms with Crippen molar-refractivity contribution in [3.63, 3.8) is 0 Å². The molecule has 0 saturated heterocycles. The Morgan fingerprint density at radius 1 is 0.600 bits per heavy atom. The van der Waals surface area contributed by atoms with Gasteiger partial charge < -0.3 is 0 Å². The van der Waals surface area contributed by atoms with E-state index in [0.717, 1.165) is 10.7 Å². The molecule has 3 heteroatoms. The van der Waals surface area contributed by atoms with E-state index in [1.54, 1.807) is 11.8 Å². The van der Waals surface area contributed by atoms with Gasteiger partial charge in [-0.1, -0.05) is 109 Å². The van der Waals surface area contributed by atoms with Crippen LogP contribution >= 0.6 is 18.6 Å². The van der Waals surface area contributed by atoms with Gasteiger partial charge in [-0.2, -0.15) is 0 Å². The second-order valence-electron chi connectivity index (χ2n) is 6.85. The van der Waals surface area contributed by atoms with Gasteiger partial charge in [0.2, 0.25) is 0 Å². The minimum Gasteiger partial charge on any atom is -0.242 e. The van der Waals surface area contributed by atoms with E-state index in [1.807, 2.05) is 18.2 Å². The lowest BCUT2D eigenvalue weighted by Gasteiger charge is -2.28. The molecule has 0 unspecified atom stereocenters. The van der Waals surface area contributed by atoms with E-state index in [4.69, 9.17) is 4.99 Å². The number of hydrogen-bond acceptors (Lipinski definition) is 2. The summed E-state index contributed by atoms with van der Waals surface area (Å²) in [5.41, 5.74) is 0.977. The molecule has 0 fully saturated rings. The highest BCUT2D eigenvalue weighted by molar-refractivity contribution is 8.17. The lowest BCUT2D eigenvalue weighted by atomic mass is 10.3. The third-order valence-corrected chi connectivity index (χ3v) is 9.77. The number of thioether (sulfide) groups is 1. The summed E-state index contributed by atoms with van der Waals surface area (Å²) in [5, 5.41) is 5.03. The van der Waals surface area contributed by atoms with Gasteiger partial charge in [0.1, 0.15) is 0 Å². The minimum absolute atomic E-state index is 0.977. The molecule has 0 N–H and O–H groups in total. The number of hydrogen-bond donors (Lipinski definition) is 0. The number of benzene rings is 4. The maximum Gasteiger partial charge on any atom is 0.0975 e. The van der Waals surface area contributed by atoms with Crippen molar-refractivity contribution >= 4 is 51.1 Å². The molecule has 0 bridgehead atoms. The standard InChI is InChI=1S/C27H24NPS/c1-30-27(28-23-14-6-2-7-15-23)22-29(24-16-8-3-9-17-24,25-18-10-4-11-19-25)26-20-12-5-13-21-26/h2-22H,1H3. The summed E-state index contributed by atoms with van der Waals surface area (Å²) in [6.07, 6.45) is 2.11. The second kappa shape index (κ2) is 9.80. The van der Waals surface area contributed by atoms with Crippen LogP contribution in [0.4, 0.5) is 5.69 Å². The van der Waals surface area contributed by atoms with Crippen LogP contribution in [0.15, 0.2) is 126 Å². The van der Waals surface area contributed by atoms with Gasteiger partial charge in [-0.15, -0.1) is 11.8 Å². The summed E-state index contributed by atoms with van der Waals surface area (Å²) >= 11 is 1.70. The number of nitrogens with zero attached hydrogens (tertiary/aromatic N) is 1. The van der Waals surface area contributed by atoms with Crippen molar-refractivity contribution in [2.45, 2.75) is 0 Å². The summed E-state index contributed by atoms with van der Waals surface area (Å²) in [5.74, 6) is 2.42. The van der Waals surface area contributed by atoms with Crippen molar-refractivity contribution in [1.29, 1.82) is 0 Å². The Hall–Kier alpha value is -2.80. The van der Waals surface area contributed by atoms with Crippen LogP contribution in [0.1, 0.15) is 0 Å². The van der Waals surface area contributed by atoms with Crippen LogP contribution in [-0.2, 0) is 0 Å². The maximum atomic E-state index is 4.99. The predicted octanol–water partition coefficient (Wildman–Crippen LogP) is 5.88. The summed E-state index contributed by atoms with van der Waals surface area (Å²) in [6.45, 7) is -2.04. The molecule has 4 aromatic rings. The van der Waals surface area contributed by atoms with E-state index in [2.05, 4.69) is 115 Å². The highest BCUT2D eigenvalue weighted by Crippen LogP contribution is 2.44. The molecule has 0 radical (unpaired) electrons. The first-order valence-corrected chi connectivity index (χ1v) is 13.0. The average Bonchev–Trinajstić information content (AvgIpc) is 2.84. The largest absolute Gasteiger partial charge is 0.242 e. The molecule has 4 aromatic carbocycles. The Kier molecular flexibility index (Phi) is 6.69. The van der Waals surface area contributed by atoms with Crippen LogP contribution < -0.4 is 15.9 Å². The Bertz CT molecular complexity index is 1050.